The van der Waals surface area contributed by atoms with Gasteiger partial charge in [0.05, 0.1) is 9.75 Å². The van der Waals surface area contributed by atoms with Crippen LogP contribution in [0.25, 0.3) is 12.2 Å². The highest BCUT2D eigenvalue weighted by atomic mass is 35.5. The molecule has 0 bridgehead atoms. The molecule has 0 nitrogen and oxygen atoms in total. The minimum absolute atomic E-state index is 0.551. The van der Waals surface area contributed by atoms with Crippen molar-refractivity contribution in [3.05, 3.63) is 81.9 Å². The van der Waals surface area contributed by atoms with Gasteiger partial charge in [0.1, 0.15) is 0 Å². The molecular weight excluding hydrogens is 323 g/mol. The van der Waals surface area contributed by atoms with Crippen molar-refractivity contribution in [2.45, 2.75) is 30.0 Å². The first kappa shape index (κ1) is 15.1. The molecule has 4 rings (SSSR count). The van der Waals surface area contributed by atoms with E-state index in [1.165, 1.54) is 11.1 Å². The fourth-order valence-corrected chi connectivity index (χ4v) is 4.82. The highest BCUT2D eigenvalue weighted by Gasteiger charge is 2.48. The van der Waals surface area contributed by atoms with Crippen LogP contribution in [-0.2, 0) is 9.75 Å². The Bertz CT molecular complexity index is 790. The molecule has 2 heteroatoms. The van der Waals surface area contributed by atoms with Crippen molar-refractivity contribution in [3.63, 3.8) is 0 Å². The van der Waals surface area contributed by atoms with Gasteiger partial charge in [0.25, 0.3) is 0 Å². The molecule has 116 valence electrons. The van der Waals surface area contributed by atoms with Crippen LogP contribution in [0, 0.1) is 0 Å². The van der Waals surface area contributed by atoms with Crippen molar-refractivity contribution in [1.29, 1.82) is 0 Å². The second-order valence-electron chi connectivity index (χ2n) is 6.61. The molecule has 0 aromatic heterocycles. The zero-order valence-corrected chi connectivity index (χ0v) is 14.7. The molecule has 2 aliphatic carbocycles. The molecule has 0 radical (unpaired) electrons. The van der Waals surface area contributed by atoms with Gasteiger partial charge in [-0.3, -0.25) is 0 Å². The van der Waals surface area contributed by atoms with Gasteiger partial charge in [-0.05, 0) is 47.2 Å². The lowest BCUT2D eigenvalue weighted by atomic mass is 9.81. The molecule has 0 aliphatic heterocycles. The second-order valence-corrected chi connectivity index (χ2v) is 7.90. The van der Waals surface area contributed by atoms with Gasteiger partial charge in [0.15, 0.2) is 0 Å². The topological polar surface area (TPSA) is 0 Å². The first-order chi connectivity index (χ1) is 10.9. The van der Waals surface area contributed by atoms with Crippen molar-refractivity contribution < 1.29 is 0 Å². The summed E-state index contributed by atoms with van der Waals surface area (Å²) in [6.45, 7) is 4.21. The van der Waals surface area contributed by atoms with Crippen LogP contribution >= 0.6 is 23.2 Å². The molecular formula is C21H18Cl2. The number of fused-ring (bicyclic) bond motifs is 2. The summed E-state index contributed by atoms with van der Waals surface area (Å²) in [5.74, 6) is 0. The van der Waals surface area contributed by atoms with Crippen molar-refractivity contribution in [3.8, 4) is 0 Å². The molecule has 0 fully saturated rings. The SMILES string of the molecule is CC1=Cc2ccccc2C1(Cl)CC1(Cl)C(C)=Cc2ccccc21. The number of alkyl halides is 2. The average Bonchev–Trinajstić information content (AvgIpc) is 2.93. The Balaban J connectivity index is 1.82. The zero-order chi connectivity index (χ0) is 16.2. The van der Waals surface area contributed by atoms with E-state index in [-0.39, 0.29) is 0 Å². The number of halogens is 2. The van der Waals surface area contributed by atoms with E-state index in [1.54, 1.807) is 0 Å². The zero-order valence-electron chi connectivity index (χ0n) is 13.2. The molecule has 2 unspecified atom stereocenters. The molecule has 0 saturated carbocycles. The number of rotatable bonds is 2. The minimum atomic E-state index is -0.551. The van der Waals surface area contributed by atoms with E-state index in [0.29, 0.717) is 6.42 Å². The number of benzene rings is 2. The van der Waals surface area contributed by atoms with E-state index in [1.807, 2.05) is 0 Å². The van der Waals surface area contributed by atoms with Gasteiger partial charge in [0.2, 0.25) is 0 Å². The Morgan fingerprint density at radius 3 is 1.52 bits per heavy atom. The summed E-state index contributed by atoms with van der Waals surface area (Å²) in [7, 11) is 0. The minimum Gasteiger partial charge on any atom is -0.109 e. The molecule has 0 N–H and O–H groups in total. The molecule has 0 amide bonds. The number of hydrogen-bond acceptors (Lipinski definition) is 0. The van der Waals surface area contributed by atoms with Crippen LogP contribution in [0.2, 0.25) is 0 Å². The Morgan fingerprint density at radius 2 is 1.09 bits per heavy atom. The standard InChI is InChI=1S/C21H18Cl2/c1-14-11-16-7-3-5-9-18(16)20(14,22)13-21(23)15(2)12-17-8-4-6-10-19(17)21/h3-12H,13H2,1-2H3. The lowest BCUT2D eigenvalue weighted by molar-refractivity contribution is 0.545. The van der Waals surface area contributed by atoms with Crippen LogP contribution in [0.4, 0.5) is 0 Å². The maximum atomic E-state index is 7.17. The normalized spacial score (nSPS) is 28.2. The summed E-state index contributed by atoms with van der Waals surface area (Å²) >= 11 is 14.3. The van der Waals surface area contributed by atoms with Crippen LogP contribution < -0.4 is 0 Å². The van der Waals surface area contributed by atoms with Gasteiger partial charge < -0.3 is 0 Å². The third kappa shape index (κ3) is 2.05. The maximum Gasteiger partial charge on any atom is 0.0933 e. The fourth-order valence-electron chi connectivity index (χ4n) is 3.89. The second kappa shape index (κ2) is 5.00. The third-order valence-corrected chi connectivity index (χ3v) is 6.53. The van der Waals surface area contributed by atoms with Gasteiger partial charge >= 0.3 is 0 Å². The fraction of sp³-hybridized carbons (Fsp3) is 0.238. The monoisotopic (exact) mass is 340 g/mol. The summed E-state index contributed by atoms with van der Waals surface area (Å²) < 4.78 is 0. The predicted octanol–water partition coefficient (Wildman–Crippen LogP) is 6.48. The lowest BCUT2D eigenvalue weighted by Crippen LogP contribution is -2.30. The number of hydrogen-bond donors (Lipinski definition) is 0. The largest absolute Gasteiger partial charge is 0.109 e. The quantitative estimate of drug-likeness (QED) is 0.549. The van der Waals surface area contributed by atoms with Crippen LogP contribution in [0.5, 0.6) is 0 Å². The smallest absolute Gasteiger partial charge is 0.0933 e. The first-order valence-electron chi connectivity index (χ1n) is 7.89. The molecule has 0 saturated heterocycles. The Labute approximate surface area is 147 Å². The van der Waals surface area contributed by atoms with Gasteiger partial charge in [-0.2, -0.15) is 0 Å². The van der Waals surface area contributed by atoms with Crippen LogP contribution in [0.15, 0.2) is 59.7 Å². The Morgan fingerprint density at radius 1 is 0.696 bits per heavy atom. The average molecular weight is 341 g/mol. The first-order valence-corrected chi connectivity index (χ1v) is 8.65. The van der Waals surface area contributed by atoms with E-state index in [2.05, 4.69) is 74.5 Å². The van der Waals surface area contributed by atoms with Crippen LogP contribution in [0.3, 0.4) is 0 Å². The van der Waals surface area contributed by atoms with E-state index in [0.717, 1.165) is 22.3 Å². The predicted molar refractivity (Wildman–Crippen MR) is 99.9 cm³/mol. The molecule has 23 heavy (non-hydrogen) atoms. The molecule has 0 heterocycles. The van der Waals surface area contributed by atoms with Crippen LogP contribution in [0.1, 0.15) is 42.5 Å². The van der Waals surface area contributed by atoms with Crippen molar-refractivity contribution in [2.24, 2.45) is 0 Å². The van der Waals surface area contributed by atoms with E-state index in [4.69, 9.17) is 23.2 Å². The summed E-state index contributed by atoms with van der Waals surface area (Å²) in [6, 6.07) is 16.7. The van der Waals surface area contributed by atoms with Crippen LogP contribution in [-0.4, -0.2) is 0 Å². The lowest BCUT2D eigenvalue weighted by Gasteiger charge is -2.35. The molecule has 2 aromatic rings. The van der Waals surface area contributed by atoms with Gasteiger partial charge in [-0.15, -0.1) is 23.2 Å². The van der Waals surface area contributed by atoms with Crippen molar-refractivity contribution in [2.75, 3.05) is 0 Å². The summed E-state index contributed by atoms with van der Waals surface area (Å²) in [4.78, 5) is -1.10. The van der Waals surface area contributed by atoms with E-state index >= 15 is 0 Å². The van der Waals surface area contributed by atoms with Gasteiger partial charge in [-0.25, -0.2) is 0 Å². The highest BCUT2D eigenvalue weighted by molar-refractivity contribution is 6.31. The molecule has 0 spiro atoms. The van der Waals surface area contributed by atoms with Crippen molar-refractivity contribution >= 4 is 35.4 Å². The molecule has 2 atom stereocenters. The van der Waals surface area contributed by atoms with E-state index in [9.17, 15) is 0 Å². The highest BCUT2D eigenvalue weighted by Crippen LogP contribution is 2.57. The summed E-state index contributed by atoms with van der Waals surface area (Å²) in [5.41, 5.74) is 7.06. The van der Waals surface area contributed by atoms with Crippen molar-refractivity contribution in [1.82, 2.24) is 0 Å². The summed E-state index contributed by atoms with van der Waals surface area (Å²) in [5, 5.41) is 0. The summed E-state index contributed by atoms with van der Waals surface area (Å²) in [6.07, 6.45) is 5.02. The Hall–Kier alpha value is -1.50. The Kier molecular flexibility index (Phi) is 3.27. The third-order valence-electron chi connectivity index (χ3n) is 5.26. The van der Waals surface area contributed by atoms with Gasteiger partial charge in [0, 0.05) is 6.42 Å². The maximum absolute atomic E-state index is 7.17. The van der Waals surface area contributed by atoms with E-state index < -0.39 is 9.75 Å². The number of allylic oxidation sites excluding steroid dienone is 2. The van der Waals surface area contributed by atoms with Gasteiger partial charge in [-0.1, -0.05) is 60.7 Å². The molecule has 2 aliphatic rings. The molecule has 2 aromatic carbocycles.